The average molecular weight is 260 g/mol. The molecular weight excluding hydrogens is 244 g/mol. The van der Waals surface area contributed by atoms with E-state index in [4.69, 9.17) is 14.6 Å². The Morgan fingerprint density at radius 2 is 1.79 bits per heavy atom. The molecule has 5 nitrogen and oxygen atoms in total. The lowest BCUT2D eigenvalue weighted by molar-refractivity contribution is 0.279. The topological polar surface area (TPSA) is 64.5 Å². The molecule has 0 fully saturated rings. The molecule has 0 amide bonds. The number of benzene rings is 1. The van der Waals surface area contributed by atoms with Crippen molar-refractivity contribution in [3.8, 4) is 17.5 Å². The molecule has 1 aromatic carbocycles. The van der Waals surface area contributed by atoms with E-state index in [0.717, 1.165) is 6.42 Å². The van der Waals surface area contributed by atoms with Gasteiger partial charge in [-0.15, -0.1) is 0 Å². The van der Waals surface area contributed by atoms with Gasteiger partial charge in [0.25, 0.3) is 0 Å². The molecule has 0 bridgehead atoms. The summed E-state index contributed by atoms with van der Waals surface area (Å²) in [6.45, 7) is 2.58. The van der Waals surface area contributed by atoms with Crippen molar-refractivity contribution < 1.29 is 14.6 Å². The summed E-state index contributed by atoms with van der Waals surface area (Å²) in [4.78, 5) is 8.03. The van der Waals surface area contributed by atoms with Gasteiger partial charge in [-0.3, -0.25) is 0 Å². The maximum atomic E-state index is 8.92. The van der Waals surface area contributed by atoms with E-state index in [9.17, 15) is 0 Å². The Balaban J connectivity index is 2.12. The van der Waals surface area contributed by atoms with Gasteiger partial charge in [-0.1, -0.05) is 19.1 Å². The second-order valence-corrected chi connectivity index (χ2v) is 3.93. The predicted molar refractivity (Wildman–Crippen MR) is 70.3 cm³/mol. The number of rotatable bonds is 6. The van der Waals surface area contributed by atoms with Gasteiger partial charge in [0.2, 0.25) is 0 Å². The Labute approximate surface area is 111 Å². The summed E-state index contributed by atoms with van der Waals surface area (Å²) in [6, 6.07) is 7.61. The van der Waals surface area contributed by atoms with E-state index < -0.39 is 0 Å². The molecule has 5 heteroatoms. The van der Waals surface area contributed by atoms with E-state index in [2.05, 4.69) is 9.97 Å². The van der Waals surface area contributed by atoms with Crippen LogP contribution in [0.5, 0.6) is 17.5 Å². The van der Waals surface area contributed by atoms with Crippen molar-refractivity contribution >= 4 is 0 Å². The van der Waals surface area contributed by atoms with Crippen LogP contribution in [-0.2, 0) is 6.61 Å². The third-order valence-electron chi connectivity index (χ3n) is 2.38. The summed E-state index contributed by atoms with van der Waals surface area (Å²) in [6.07, 6.45) is 3.98. The molecular formula is C14H16N2O3. The van der Waals surface area contributed by atoms with Gasteiger partial charge < -0.3 is 14.6 Å². The van der Waals surface area contributed by atoms with Crippen LogP contribution in [0.2, 0.25) is 0 Å². The summed E-state index contributed by atoms with van der Waals surface area (Å²) < 4.78 is 11.2. The number of aliphatic hydroxyl groups excluding tert-OH is 1. The van der Waals surface area contributed by atoms with Gasteiger partial charge in [-0.05, 0) is 18.6 Å². The highest BCUT2D eigenvalue weighted by Crippen LogP contribution is 2.29. The zero-order valence-electron chi connectivity index (χ0n) is 10.7. The number of ether oxygens (including phenoxy) is 2. The van der Waals surface area contributed by atoms with Crippen LogP contribution in [0.15, 0.2) is 36.7 Å². The second kappa shape index (κ2) is 6.70. The predicted octanol–water partition coefficient (Wildman–Crippen LogP) is 2.55. The van der Waals surface area contributed by atoms with Gasteiger partial charge in [0.05, 0.1) is 13.2 Å². The SMILES string of the molecule is CCCOc1ccccc1Oc1ncc(CO)cn1. The average Bonchev–Trinajstić information content (AvgIpc) is 2.47. The maximum absolute atomic E-state index is 8.92. The van der Waals surface area contributed by atoms with Gasteiger partial charge in [-0.2, -0.15) is 0 Å². The smallest absolute Gasteiger partial charge is 0.322 e. The van der Waals surface area contributed by atoms with E-state index in [1.165, 1.54) is 12.4 Å². The molecule has 1 heterocycles. The molecule has 1 N–H and O–H groups in total. The molecule has 0 unspecified atom stereocenters. The fraction of sp³-hybridized carbons (Fsp3) is 0.286. The van der Waals surface area contributed by atoms with Crippen molar-refractivity contribution in [1.29, 1.82) is 0 Å². The number of nitrogens with zero attached hydrogens (tertiary/aromatic N) is 2. The van der Waals surface area contributed by atoms with Crippen molar-refractivity contribution in [2.75, 3.05) is 6.61 Å². The first-order valence-electron chi connectivity index (χ1n) is 6.15. The second-order valence-electron chi connectivity index (χ2n) is 3.93. The fourth-order valence-corrected chi connectivity index (χ4v) is 1.44. The number of hydrogen-bond donors (Lipinski definition) is 1. The zero-order chi connectivity index (χ0) is 13.5. The number of aromatic nitrogens is 2. The molecule has 0 aliphatic rings. The molecule has 0 spiro atoms. The highest BCUT2D eigenvalue weighted by molar-refractivity contribution is 5.40. The first kappa shape index (κ1) is 13.3. The largest absolute Gasteiger partial charge is 0.490 e. The number of hydrogen-bond acceptors (Lipinski definition) is 5. The Morgan fingerprint density at radius 3 is 2.42 bits per heavy atom. The zero-order valence-corrected chi connectivity index (χ0v) is 10.7. The monoisotopic (exact) mass is 260 g/mol. The summed E-state index contributed by atoms with van der Waals surface area (Å²) in [5, 5.41) is 8.92. The lowest BCUT2D eigenvalue weighted by Gasteiger charge is -2.10. The van der Waals surface area contributed by atoms with Crippen LogP contribution in [0.1, 0.15) is 18.9 Å². The molecule has 0 aliphatic carbocycles. The maximum Gasteiger partial charge on any atom is 0.322 e. The van der Waals surface area contributed by atoms with Crippen LogP contribution in [0.3, 0.4) is 0 Å². The lowest BCUT2D eigenvalue weighted by Crippen LogP contribution is -1.99. The Hall–Kier alpha value is -2.14. The molecule has 2 rings (SSSR count). The molecule has 2 aromatic rings. The van der Waals surface area contributed by atoms with Gasteiger partial charge >= 0.3 is 6.01 Å². The van der Waals surface area contributed by atoms with Crippen molar-refractivity contribution in [1.82, 2.24) is 9.97 Å². The number of para-hydroxylation sites is 2. The van der Waals surface area contributed by atoms with Crippen LogP contribution in [-0.4, -0.2) is 21.7 Å². The third-order valence-corrected chi connectivity index (χ3v) is 2.38. The standard InChI is InChI=1S/C14H16N2O3/c1-2-7-18-12-5-3-4-6-13(12)19-14-15-8-11(10-17)9-16-14/h3-6,8-9,17H,2,7,10H2,1H3. The van der Waals surface area contributed by atoms with E-state index in [0.29, 0.717) is 23.7 Å². The first-order chi connectivity index (χ1) is 9.33. The van der Waals surface area contributed by atoms with Crippen LogP contribution in [0.4, 0.5) is 0 Å². The van der Waals surface area contributed by atoms with Crippen molar-refractivity contribution in [3.63, 3.8) is 0 Å². The Kier molecular flexibility index (Phi) is 4.69. The molecule has 0 saturated heterocycles. The minimum absolute atomic E-state index is 0.0868. The van der Waals surface area contributed by atoms with Crippen LogP contribution < -0.4 is 9.47 Å². The number of aliphatic hydroxyl groups is 1. The Morgan fingerprint density at radius 1 is 1.11 bits per heavy atom. The summed E-state index contributed by atoms with van der Waals surface area (Å²) in [5.41, 5.74) is 0.642. The minimum Gasteiger partial charge on any atom is -0.490 e. The highest BCUT2D eigenvalue weighted by Gasteiger charge is 2.07. The Bertz CT molecular complexity index is 514. The normalized spacial score (nSPS) is 10.2. The molecule has 0 aliphatic heterocycles. The van der Waals surface area contributed by atoms with E-state index >= 15 is 0 Å². The molecule has 0 saturated carbocycles. The summed E-state index contributed by atoms with van der Waals surface area (Å²) in [7, 11) is 0. The van der Waals surface area contributed by atoms with E-state index in [1.54, 1.807) is 6.07 Å². The lowest BCUT2D eigenvalue weighted by atomic mass is 10.3. The molecule has 1 aromatic heterocycles. The molecule has 100 valence electrons. The van der Waals surface area contributed by atoms with Gasteiger partial charge in [0.1, 0.15) is 0 Å². The van der Waals surface area contributed by atoms with E-state index in [1.807, 2.05) is 25.1 Å². The van der Waals surface area contributed by atoms with Crippen molar-refractivity contribution in [2.24, 2.45) is 0 Å². The highest BCUT2D eigenvalue weighted by atomic mass is 16.5. The molecule has 19 heavy (non-hydrogen) atoms. The van der Waals surface area contributed by atoms with Gasteiger partial charge in [-0.25, -0.2) is 9.97 Å². The van der Waals surface area contributed by atoms with Crippen molar-refractivity contribution in [2.45, 2.75) is 20.0 Å². The van der Waals surface area contributed by atoms with Gasteiger partial charge in [0.15, 0.2) is 11.5 Å². The first-order valence-corrected chi connectivity index (χ1v) is 6.15. The van der Waals surface area contributed by atoms with Crippen molar-refractivity contribution in [3.05, 3.63) is 42.2 Å². The van der Waals surface area contributed by atoms with Gasteiger partial charge in [0, 0.05) is 18.0 Å². The van der Waals surface area contributed by atoms with Crippen LogP contribution >= 0.6 is 0 Å². The van der Waals surface area contributed by atoms with Crippen LogP contribution in [0, 0.1) is 0 Å². The molecule has 0 radical (unpaired) electrons. The summed E-state index contributed by atoms with van der Waals surface area (Å²) >= 11 is 0. The molecule has 0 atom stereocenters. The van der Waals surface area contributed by atoms with Crippen LogP contribution in [0.25, 0.3) is 0 Å². The third kappa shape index (κ3) is 3.66. The minimum atomic E-state index is -0.0868. The summed E-state index contributed by atoms with van der Waals surface area (Å²) in [5.74, 6) is 1.24. The quantitative estimate of drug-likeness (QED) is 0.864. The fourth-order valence-electron chi connectivity index (χ4n) is 1.44. The van der Waals surface area contributed by atoms with E-state index in [-0.39, 0.29) is 12.6 Å².